The molecule has 0 spiro atoms. The van der Waals surface area contributed by atoms with Crippen LogP contribution < -0.4 is 11.1 Å². The van der Waals surface area contributed by atoms with E-state index in [0.29, 0.717) is 16.4 Å². The van der Waals surface area contributed by atoms with E-state index < -0.39 is 5.97 Å². The van der Waals surface area contributed by atoms with E-state index in [-0.39, 0.29) is 23.4 Å². The van der Waals surface area contributed by atoms with E-state index >= 15 is 0 Å². The molecule has 0 amide bonds. The topological polar surface area (TPSA) is 95.6 Å². The molecule has 8 nitrogen and oxygen atoms in total. The number of ether oxygens (including phenoxy) is 1. The van der Waals surface area contributed by atoms with Crippen molar-refractivity contribution in [2.75, 3.05) is 0 Å². The molecule has 3 rings (SSSR count). The van der Waals surface area contributed by atoms with Crippen LogP contribution in [-0.2, 0) is 18.4 Å². The van der Waals surface area contributed by atoms with Gasteiger partial charge in [0.1, 0.15) is 12.3 Å². The summed E-state index contributed by atoms with van der Waals surface area (Å²) >= 11 is 5.84. The predicted octanol–water partition coefficient (Wildman–Crippen LogP) is 0.799. The summed E-state index contributed by atoms with van der Waals surface area (Å²) in [5, 5.41) is 4.20. The number of fused-ring (bicyclic) bond motifs is 1. The van der Waals surface area contributed by atoms with Crippen molar-refractivity contribution in [1.29, 1.82) is 0 Å². The van der Waals surface area contributed by atoms with Gasteiger partial charge in [-0.15, -0.1) is 0 Å². The van der Waals surface area contributed by atoms with Crippen LogP contribution in [0.15, 0.2) is 46.1 Å². The molecule has 0 aliphatic carbocycles. The van der Waals surface area contributed by atoms with Gasteiger partial charge in [0, 0.05) is 25.4 Å². The van der Waals surface area contributed by atoms with Crippen molar-refractivity contribution in [2.24, 2.45) is 7.05 Å². The van der Waals surface area contributed by atoms with Crippen molar-refractivity contribution in [3.05, 3.63) is 73.6 Å². The zero-order chi connectivity index (χ0) is 17.3. The van der Waals surface area contributed by atoms with Crippen molar-refractivity contribution >= 4 is 23.2 Å². The van der Waals surface area contributed by atoms with Crippen LogP contribution >= 0.6 is 11.6 Å². The van der Waals surface area contributed by atoms with Crippen LogP contribution in [0.25, 0.3) is 5.65 Å². The van der Waals surface area contributed by atoms with Crippen LogP contribution in [0.4, 0.5) is 0 Å². The summed E-state index contributed by atoms with van der Waals surface area (Å²) in [6, 6.07) is 6.94. The van der Waals surface area contributed by atoms with Crippen molar-refractivity contribution in [3.63, 3.8) is 0 Å². The lowest BCUT2D eigenvalue weighted by Gasteiger charge is -2.06. The highest BCUT2D eigenvalue weighted by Crippen LogP contribution is 2.09. The Balaban J connectivity index is 1.81. The zero-order valence-electron chi connectivity index (χ0n) is 12.5. The Morgan fingerprint density at radius 1 is 1.21 bits per heavy atom. The molecule has 3 aromatic heterocycles. The summed E-state index contributed by atoms with van der Waals surface area (Å²) < 4.78 is 7.41. The third-order valence-corrected chi connectivity index (χ3v) is 3.42. The average molecular weight is 347 g/mol. The second-order valence-corrected chi connectivity index (χ2v) is 5.35. The molecular weight excluding hydrogens is 336 g/mol. The van der Waals surface area contributed by atoms with E-state index in [9.17, 15) is 14.4 Å². The molecule has 122 valence electrons. The number of aryl methyl sites for hydroxylation is 1. The molecule has 0 bridgehead atoms. The highest BCUT2D eigenvalue weighted by atomic mass is 35.5. The standard InChI is InChI=1S/C15H11ClN4O4/c1-19-13(21)5-3-11(18-19)15(23)24-8-10-6-14(22)20-7-9(16)2-4-12(20)17-10/h2-7H,8H2,1H3. The van der Waals surface area contributed by atoms with E-state index in [1.54, 1.807) is 12.1 Å². The van der Waals surface area contributed by atoms with Crippen LogP contribution in [-0.4, -0.2) is 25.1 Å². The van der Waals surface area contributed by atoms with Crippen molar-refractivity contribution in [1.82, 2.24) is 19.2 Å². The Bertz CT molecular complexity index is 1060. The number of hydrogen-bond acceptors (Lipinski definition) is 6. The molecule has 0 aliphatic rings. The van der Waals surface area contributed by atoms with Crippen molar-refractivity contribution in [3.8, 4) is 0 Å². The fraction of sp³-hybridized carbons (Fsp3) is 0.133. The molecule has 0 saturated carbocycles. The van der Waals surface area contributed by atoms with Crippen LogP contribution in [0.2, 0.25) is 5.02 Å². The lowest BCUT2D eigenvalue weighted by Crippen LogP contribution is -2.22. The fourth-order valence-electron chi connectivity index (χ4n) is 2.02. The third-order valence-electron chi connectivity index (χ3n) is 3.20. The van der Waals surface area contributed by atoms with E-state index in [2.05, 4.69) is 10.1 Å². The van der Waals surface area contributed by atoms with Crippen LogP contribution in [0.5, 0.6) is 0 Å². The molecule has 0 aromatic carbocycles. The number of carbonyl (C=O) groups is 1. The van der Waals surface area contributed by atoms with E-state index in [1.165, 1.54) is 35.8 Å². The first-order chi connectivity index (χ1) is 11.4. The SMILES string of the molecule is Cn1nc(C(=O)OCc2cc(=O)n3cc(Cl)ccc3n2)ccc1=O. The van der Waals surface area contributed by atoms with Gasteiger partial charge in [-0.2, -0.15) is 5.10 Å². The Morgan fingerprint density at radius 2 is 2.00 bits per heavy atom. The number of carbonyl (C=O) groups excluding carboxylic acids is 1. The quantitative estimate of drug-likeness (QED) is 0.651. The smallest absolute Gasteiger partial charge is 0.359 e. The number of nitrogens with zero attached hydrogens (tertiary/aromatic N) is 4. The minimum Gasteiger partial charge on any atom is -0.454 e. The zero-order valence-corrected chi connectivity index (χ0v) is 13.2. The Labute approximate surface area is 139 Å². The molecular formula is C15H11ClN4O4. The average Bonchev–Trinajstić information content (AvgIpc) is 2.56. The summed E-state index contributed by atoms with van der Waals surface area (Å²) in [5.41, 5.74) is -0.0109. The summed E-state index contributed by atoms with van der Waals surface area (Å²) in [5.74, 6) is -0.719. The molecule has 0 aliphatic heterocycles. The highest BCUT2D eigenvalue weighted by Gasteiger charge is 2.12. The van der Waals surface area contributed by atoms with Gasteiger partial charge >= 0.3 is 5.97 Å². The van der Waals surface area contributed by atoms with Gasteiger partial charge in [-0.25, -0.2) is 14.5 Å². The van der Waals surface area contributed by atoms with Gasteiger partial charge in [0.05, 0.1) is 10.7 Å². The van der Waals surface area contributed by atoms with Crippen molar-refractivity contribution in [2.45, 2.75) is 6.61 Å². The largest absolute Gasteiger partial charge is 0.454 e. The van der Waals surface area contributed by atoms with E-state index in [1.807, 2.05) is 0 Å². The van der Waals surface area contributed by atoms with Gasteiger partial charge in [0.25, 0.3) is 11.1 Å². The first-order valence-electron chi connectivity index (χ1n) is 6.83. The van der Waals surface area contributed by atoms with Crippen LogP contribution in [0.3, 0.4) is 0 Å². The maximum atomic E-state index is 12.0. The first kappa shape index (κ1) is 15.9. The molecule has 0 radical (unpaired) electrons. The van der Waals surface area contributed by atoms with Crippen molar-refractivity contribution < 1.29 is 9.53 Å². The molecule has 0 atom stereocenters. The maximum absolute atomic E-state index is 12.0. The normalized spacial score (nSPS) is 10.8. The number of esters is 1. The molecule has 0 unspecified atom stereocenters. The molecule has 0 fully saturated rings. The number of hydrogen-bond donors (Lipinski definition) is 0. The fourth-order valence-corrected chi connectivity index (χ4v) is 2.19. The van der Waals surface area contributed by atoms with Gasteiger partial charge in [0.2, 0.25) is 0 Å². The van der Waals surface area contributed by atoms with Gasteiger partial charge in [0.15, 0.2) is 5.69 Å². The Hall–Kier alpha value is -3.00. The number of pyridine rings is 1. The Kier molecular flexibility index (Phi) is 4.13. The first-order valence-corrected chi connectivity index (χ1v) is 7.21. The third kappa shape index (κ3) is 3.18. The highest BCUT2D eigenvalue weighted by molar-refractivity contribution is 6.30. The lowest BCUT2D eigenvalue weighted by molar-refractivity contribution is 0.0458. The molecule has 0 N–H and O–H groups in total. The molecule has 3 heterocycles. The summed E-state index contributed by atoms with van der Waals surface area (Å²) in [6.07, 6.45) is 1.45. The minimum atomic E-state index is -0.719. The predicted molar refractivity (Wildman–Crippen MR) is 85.1 cm³/mol. The number of aromatic nitrogens is 4. The van der Waals surface area contributed by atoms with Crippen LogP contribution in [0, 0.1) is 0 Å². The van der Waals surface area contributed by atoms with E-state index in [0.717, 1.165) is 4.68 Å². The molecule has 24 heavy (non-hydrogen) atoms. The minimum absolute atomic E-state index is 0.0126. The lowest BCUT2D eigenvalue weighted by atomic mass is 10.3. The van der Waals surface area contributed by atoms with Crippen LogP contribution in [0.1, 0.15) is 16.2 Å². The molecule has 0 saturated heterocycles. The monoisotopic (exact) mass is 346 g/mol. The number of rotatable bonds is 3. The van der Waals surface area contributed by atoms with Gasteiger partial charge in [-0.1, -0.05) is 11.6 Å². The Morgan fingerprint density at radius 3 is 2.75 bits per heavy atom. The number of halogens is 1. The summed E-state index contributed by atoms with van der Waals surface area (Å²) in [6.45, 7) is -0.197. The summed E-state index contributed by atoms with van der Waals surface area (Å²) in [7, 11) is 1.43. The summed E-state index contributed by atoms with van der Waals surface area (Å²) in [4.78, 5) is 39.4. The van der Waals surface area contributed by atoms with E-state index in [4.69, 9.17) is 16.3 Å². The molecule has 3 aromatic rings. The second kappa shape index (κ2) is 6.25. The van der Waals surface area contributed by atoms with Gasteiger partial charge < -0.3 is 4.74 Å². The maximum Gasteiger partial charge on any atom is 0.359 e. The second-order valence-electron chi connectivity index (χ2n) is 4.92. The van der Waals surface area contributed by atoms with Gasteiger partial charge in [-0.3, -0.25) is 14.0 Å². The van der Waals surface area contributed by atoms with Gasteiger partial charge in [-0.05, 0) is 18.2 Å². The molecule has 9 heteroatoms.